The second-order valence-corrected chi connectivity index (χ2v) is 7.29. The minimum absolute atomic E-state index is 0.00959. The minimum atomic E-state index is -0.336. The lowest BCUT2D eigenvalue weighted by molar-refractivity contribution is -0.135. The van der Waals surface area contributed by atoms with Crippen LogP contribution in [0.25, 0.3) is 0 Å². The first kappa shape index (κ1) is 19.1. The Morgan fingerprint density at radius 2 is 2.07 bits per heavy atom. The molecule has 0 saturated carbocycles. The van der Waals surface area contributed by atoms with Crippen molar-refractivity contribution in [1.29, 1.82) is 0 Å². The Bertz CT molecular complexity index is 809. The summed E-state index contributed by atoms with van der Waals surface area (Å²) in [6, 6.07) is 3.70. The molecule has 27 heavy (non-hydrogen) atoms. The van der Waals surface area contributed by atoms with Gasteiger partial charge in [0.25, 0.3) is 0 Å². The van der Waals surface area contributed by atoms with E-state index in [1.165, 1.54) is 0 Å². The molecule has 2 atom stereocenters. The molecule has 144 valence electrons. The fourth-order valence-electron chi connectivity index (χ4n) is 3.67. The molecule has 3 heterocycles. The van der Waals surface area contributed by atoms with Crippen LogP contribution in [-0.4, -0.2) is 39.9 Å². The molecule has 7 heteroatoms. The van der Waals surface area contributed by atoms with Gasteiger partial charge in [0.1, 0.15) is 11.6 Å². The Kier molecular flexibility index (Phi) is 5.58. The first-order valence-electron chi connectivity index (χ1n) is 9.32. The maximum atomic E-state index is 13.0. The van der Waals surface area contributed by atoms with E-state index in [1.807, 2.05) is 33.8 Å². The van der Waals surface area contributed by atoms with Gasteiger partial charge >= 0.3 is 0 Å². The fraction of sp³-hybridized carbons (Fsp3) is 0.500. The second kappa shape index (κ2) is 7.90. The van der Waals surface area contributed by atoms with Gasteiger partial charge in [-0.3, -0.25) is 9.59 Å². The van der Waals surface area contributed by atoms with Gasteiger partial charge in [-0.15, -0.1) is 0 Å². The van der Waals surface area contributed by atoms with E-state index in [-0.39, 0.29) is 23.7 Å². The van der Waals surface area contributed by atoms with E-state index in [2.05, 4.69) is 15.5 Å². The van der Waals surface area contributed by atoms with Crippen molar-refractivity contribution in [2.75, 3.05) is 18.4 Å². The number of aryl methyl sites for hydroxylation is 3. The topological polar surface area (TPSA) is 88.3 Å². The van der Waals surface area contributed by atoms with Gasteiger partial charge in [0.15, 0.2) is 0 Å². The molecule has 1 N–H and O–H groups in total. The molecular weight excluding hydrogens is 344 g/mol. The highest BCUT2D eigenvalue weighted by Gasteiger charge is 2.32. The number of aromatic nitrogens is 2. The lowest BCUT2D eigenvalue weighted by Crippen LogP contribution is -2.45. The molecule has 1 aliphatic heterocycles. The number of hydrogen-bond donors (Lipinski definition) is 1. The summed E-state index contributed by atoms with van der Waals surface area (Å²) in [5, 5.41) is 6.80. The number of amides is 2. The quantitative estimate of drug-likeness (QED) is 0.894. The first-order valence-corrected chi connectivity index (χ1v) is 9.32. The Labute approximate surface area is 159 Å². The number of anilines is 1. The van der Waals surface area contributed by atoms with Gasteiger partial charge in [-0.1, -0.05) is 11.2 Å². The molecule has 0 radical (unpaired) electrons. The Morgan fingerprint density at radius 3 is 2.70 bits per heavy atom. The highest BCUT2D eigenvalue weighted by atomic mass is 16.5. The predicted molar refractivity (Wildman–Crippen MR) is 101 cm³/mol. The molecular formula is C20H26N4O3. The highest BCUT2D eigenvalue weighted by Crippen LogP contribution is 2.27. The van der Waals surface area contributed by atoms with Crippen LogP contribution in [-0.2, 0) is 9.59 Å². The number of carbonyl (C=O) groups excluding carboxylic acids is 2. The number of pyridine rings is 1. The second-order valence-electron chi connectivity index (χ2n) is 7.29. The molecule has 2 amide bonds. The number of rotatable bonds is 4. The summed E-state index contributed by atoms with van der Waals surface area (Å²) in [6.45, 7) is 8.57. The predicted octanol–water partition coefficient (Wildman–Crippen LogP) is 2.98. The fourth-order valence-corrected chi connectivity index (χ4v) is 3.67. The minimum Gasteiger partial charge on any atom is -0.361 e. The molecule has 0 aromatic carbocycles. The lowest BCUT2D eigenvalue weighted by atomic mass is 9.93. The van der Waals surface area contributed by atoms with Crippen molar-refractivity contribution in [3.05, 3.63) is 40.9 Å². The van der Waals surface area contributed by atoms with Crippen LogP contribution in [0.2, 0.25) is 0 Å². The van der Waals surface area contributed by atoms with E-state index < -0.39 is 0 Å². The van der Waals surface area contributed by atoms with Crippen molar-refractivity contribution in [2.24, 2.45) is 5.92 Å². The number of carbonyl (C=O) groups is 2. The van der Waals surface area contributed by atoms with Crippen LogP contribution >= 0.6 is 0 Å². The van der Waals surface area contributed by atoms with E-state index in [1.54, 1.807) is 17.2 Å². The average Bonchev–Trinajstić information content (AvgIpc) is 3.00. The number of likely N-dealkylation sites (tertiary alicyclic amines) is 1. The maximum absolute atomic E-state index is 13.0. The zero-order valence-electron chi connectivity index (χ0n) is 16.3. The largest absolute Gasteiger partial charge is 0.361 e. The Morgan fingerprint density at radius 1 is 1.30 bits per heavy atom. The van der Waals surface area contributed by atoms with Crippen molar-refractivity contribution < 1.29 is 14.1 Å². The summed E-state index contributed by atoms with van der Waals surface area (Å²) in [5.74, 6) is 0.562. The van der Waals surface area contributed by atoms with Crippen LogP contribution < -0.4 is 5.32 Å². The maximum Gasteiger partial charge on any atom is 0.230 e. The van der Waals surface area contributed by atoms with Gasteiger partial charge in [-0.25, -0.2) is 4.98 Å². The number of nitrogens with one attached hydrogen (secondary N) is 1. The van der Waals surface area contributed by atoms with Gasteiger partial charge in [-0.05, 0) is 52.2 Å². The third-order valence-corrected chi connectivity index (χ3v) is 5.16. The third-order valence-electron chi connectivity index (χ3n) is 5.16. The lowest BCUT2D eigenvalue weighted by Gasteiger charge is -2.33. The zero-order valence-corrected chi connectivity index (χ0v) is 16.3. The van der Waals surface area contributed by atoms with Crippen molar-refractivity contribution in [3.8, 4) is 0 Å². The van der Waals surface area contributed by atoms with Gasteiger partial charge in [0.2, 0.25) is 11.8 Å². The van der Waals surface area contributed by atoms with Crippen molar-refractivity contribution in [3.63, 3.8) is 0 Å². The molecule has 1 saturated heterocycles. The summed E-state index contributed by atoms with van der Waals surface area (Å²) in [7, 11) is 0. The summed E-state index contributed by atoms with van der Waals surface area (Å²) in [4.78, 5) is 31.6. The van der Waals surface area contributed by atoms with Crippen LogP contribution in [0.3, 0.4) is 0 Å². The summed E-state index contributed by atoms with van der Waals surface area (Å²) >= 11 is 0. The third kappa shape index (κ3) is 4.18. The molecule has 2 aromatic heterocycles. The SMILES string of the molecule is Cc1ccc(NC(=O)C2CCCN(C(=O)C(C)c3c(C)noc3C)C2)nc1. The van der Waals surface area contributed by atoms with E-state index in [0.29, 0.717) is 24.7 Å². The van der Waals surface area contributed by atoms with Crippen LogP contribution in [0.5, 0.6) is 0 Å². The van der Waals surface area contributed by atoms with Crippen molar-refractivity contribution in [2.45, 2.75) is 46.5 Å². The van der Waals surface area contributed by atoms with E-state index in [9.17, 15) is 9.59 Å². The molecule has 1 aliphatic rings. The average molecular weight is 370 g/mol. The molecule has 3 rings (SSSR count). The number of hydrogen-bond acceptors (Lipinski definition) is 5. The summed E-state index contributed by atoms with van der Waals surface area (Å²) in [5.41, 5.74) is 2.62. The standard InChI is InChI=1S/C20H26N4O3/c1-12-7-8-17(21-10-12)22-19(25)16-6-5-9-24(11-16)20(26)13(2)18-14(3)23-27-15(18)4/h7-8,10,13,16H,5-6,9,11H2,1-4H3,(H,21,22,25). The smallest absolute Gasteiger partial charge is 0.230 e. The van der Waals surface area contributed by atoms with Crippen molar-refractivity contribution >= 4 is 17.6 Å². The zero-order chi connectivity index (χ0) is 19.6. The monoisotopic (exact) mass is 370 g/mol. The van der Waals surface area contributed by atoms with Gasteiger partial charge in [-0.2, -0.15) is 0 Å². The van der Waals surface area contributed by atoms with Crippen LogP contribution in [0, 0.1) is 26.7 Å². The Hall–Kier alpha value is -2.70. The molecule has 0 aliphatic carbocycles. The number of nitrogens with zero attached hydrogens (tertiary/aromatic N) is 3. The molecule has 0 spiro atoms. The first-order chi connectivity index (χ1) is 12.9. The molecule has 7 nitrogen and oxygen atoms in total. The summed E-state index contributed by atoms with van der Waals surface area (Å²) < 4.78 is 5.20. The van der Waals surface area contributed by atoms with Gasteiger partial charge < -0.3 is 14.7 Å². The molecule has 2 unspecified atom stereocenters. The highest BCUT2D eigenvalue weighted by molar-refractivity contribution is 5.92. The molecule has 2 aromatic rings. The molecule has 0 bridgehead atoms. The Balaban J connectivity index is 1.65. The van der Waals surface area contributed by atoms with E-state index in [0.717, 1.165) is 29.7 Å². The van der Waals surface area contributed by atoms with Crippen LogP contribution in [0.15, 0.2) is 22.9 Å². The van der Waals surface area contributed by atoms with Crippen molar-refractivity contribution in [1.82, 2.24) is 15.0 Å². The van der Waals surface area contributed by atoms with Gasteiger partial charge in [0.05, 0.1) is 17.5 Å². The van der Waals surface area contributed by atoms with Crippen LogP contribution in [0.4, 0.5) is 5.82 Å². The van der Waals surface area contributed by atoms with E-state index >= 15 is 0 Å². The summed E-state index contributed by atoms with van der Waals surface area (Å²) in [6.07, 6.45) is 3.29. The normalized spacial score (nSPS) is 18.2. The van der Waals surface area contributed by atoms with Crippen LogP contribution in [0.1, 0.15) is 48.3 Å². The van der Waals surface area contributed by atoms with E-state index in [4.69, 9.17) is 4.52 Å². The van der Waals surface area contributed by atoms with Gasteiger partial charge in [0, 0.05) is 24.8 Å². The molecule has 1 fully saturated rings. The number of piperidine rings is 1.